The molecular formula is C38H27F9N16O4Pt. The van der Waals surface area contributed by atoms with Gasteiger partial charge in [-0.2, -0.15) is 44.6 Å². The second-order valence-corrected chi connectivity index (χ2v) is 12.0. The van der Waals surface area contributed by atoms with Gasteiger partial charge in [0.1, 0.15) is 28.7 Å². The number of carbonyl (C=O) groups is 3. The zero-order valence-electron chi connectivity index (χ0n) is 34.2. The number of esters is 1. The molecule has 0 bridgehead atoms. The van der Waals surface area contributed by atoms with Crippen LogP contribution >= 0.6 is 0 Å². The number of halogens is 9. The quantitative estimate of drug-likeness (QED) is 0.0874. The second kappa shape index (κ2) is 25.6. The maximum absolute atomic E-state index is 12.2. The Balaban J connectivity index is 0.000000226. The fraction of sp³-hybridized carbons (Fsp3) is 0.158. The maximum Gasteiger partial charge on any atom is 2.00 e. The summed E-state index contributed by atoms with van der Waals surface area (Å²) in [6, 6.07) is 11.5. The summed E-state index contributed by atoms with van der Waals surface area (Å²) < 4.78 is 113. The Kier molecular flexibility index (Phi) is 20.4. The Morgan fingerprint density at radius 2 is 1.00 bits per heavy atom. The van der Waals surface area contributed by atoms with Crippen molar-refractivity contribution in [2.75, 3.05) is 7.11 Å². The Morgan fingerprint density at radius 1 is 0.574 bits per heavy atom. The van der Waals surface area contributed by atoms with E-state index >= 15 is 0 Å². The summed E-state index contributed by atoms with van der Waals surface area (Å²) in [5.74, 6) is -3.05. The first-order valence-corrected chi connectivity index (χ1v) is 18.0. The van der Waals surface area contributed by atoms with Crippen molar-refractivity contribution >= 4 is 17.5 Å². The predicted octanol–water partition coefficient (Wildman–Crippen LogP) is 5.65. The molecule has 30 heteroatoms. The first-order valence-electron chi connectivity index (χ1n) is 18.0. The van der Waals surface area contributed by atoms with E-state index in [-0.39, 0.29) is 49.9 Å². The van der Waals surface area contributed by atoms with Crippen molar-refractivity contribution < 1.29 is 79.7 Å². The molecule has 0 saturated heterocycles. The van der Waals surface area contributed by atoms with Crippen molar-refractivity contribution in [1.82, 2.24) is 80.4 Å². The number of hydrogen-bond acceptors (Lipinski definition) is 17. The number of aromatic nitrogens is 16. The van der Waals surface area contributed by atoms with Gasteiger partial charge in [-0.15, -0.1) is 0 Å². The van der Waals surface area contributed by atoms with Crippen LogP contribution in [0.25, 0.3) is 34.6 Å². The van der Waals surface area contributed by atoms with Gasteiger partial charge in [-0.1, -0.05) is 17.5 Å². The molecular weight excluding hydrogens is 1110 g/mol. The summed E-state index contributed by atoms with van der Waals surface area (Å²) in [4.78, 5) is 69.6. The van der Waals surface area contributed by atoms with E-state index in [4.69, 9.17) is 0 Å². The summed E-state index contributed by atoms with van der Waals surface area (Å²) in [7, 11) is 1.29. The third-order valence-electron chi connectivity index (χ3n) is 7.14. The molecule has 0 amide bonds. The minimum Gasteiger partial charge on any atom is -0.572 e. The van der Waals surface area contributed by atoms with Crippen molar-refractivity contribution in [3.8, 4) is 34.6 Å². The Morgan fingerprint density at radius 3 is 1.38 bits per heavy atom. The molecule has 8 aromatic heterocycles. The maximum atomic E-state index is 12.2. The van der Waals surface area contributed by atoms with Crippen molar-refractivity contribution in [1.29, 1.82) is 0 Å². The van der Waals surface area contributed by atoms with Crippen LogP contribution in [0.1, 0.15) is 44.7 Å². The minimum atomic E-state index is -5.00. The van der Waals surface area contributed by atoms with E-state index in [2.05, 4.69) is 80.1 Å². The summed E-state index contributed by atoms with van der Waals surface area (Å²) >= 11 is 0. The van der Waals surface area contributed by atoms with Gasteiger partial charge in [0.25, 0.3) is 0 Å². The van der Waals surface area contributed by atoms with E-state index in [1.807, 2.05) is 18.1 Å². The normalized spacial score (nSPS) is 10.7. The van der Waals surface area contributed by atoms with E-state index < -0.39 is 59.7 Å². The fourth-order valence-corrected chi connectivity index (χ4v) is 4.18. The number of ketones is 2. The number of rotatable bonds is 7. The third-order valence-corrected chi connectivity index (χ3v) is 7.14. The fourth-order valence-electron chi connectivity index (χ4n) is 4.18. The van der Waals surface area contributed by atoms with Crippen LogP contribution in [0, 0.1) is 6.92 Å². The number of hydrogen-bond donors (Lipinski definition) is 1. The molecule has 0 radical (unpaired) electrons. The summed E-state index contributed by atoms with van der Waals surface area (Å²) in [5.41, 5.74) is -0.244. The number of alkyl halides is 9. The molecule has 8 heterocycles. The molecule has 0 fully saturated rings. The van der Waals surface area contributed by atoms with Gasteiger partial charge in [0.2, 0.25) is 17.4 Å². The number of ether oxygens (including phenoxy) is 1. The zero-order chi connectivity index (χ0) is 49.0. The van der Waals surface area contributed by atoms with Gasteiger partial charge in [0.05, 0.1) is 13.5 Å². The van der Waals surface area contributed by atoms with Crippen LogP contribution in [0.2, 0.25) is 0 Å². The number of aryl methyl sites for hydroxylation is 1. The monoisotopic (exact) mass is 1140 g/mol. The molecule has 68 heavy (non-hydrogen) atoms. The molecule has 356 valence electrons. The van der Waals surface area contributed by atoms with Gasteiger partial charge >= 0.3 is 45.6 Å². The number of methoxy groups -OCH3 is 1. The Bertz CT molecular complexity index is 2660. The molecule has 0 aliphatic rings. The van der Waals surface area contributed by atoms with Gasteiger partial charge in [-0.25, -0.2) is 54.6 Å². The van der Waals surface area contributed by atoms with Crippen LogP contribution in [-0.4, -0.2) is 101 Å². The van der Waals surface area contributed by atoms with Crippen molar-refractivity contribution in [2.45, 2.75) is 31.9 Å². The topological polar surface area (TPSA) is 272 Å². The molecule has 0 unspecified atom stereocenters. The second-order valence-electron chi connectivity index (χ2n) is 12.0. The number of carbonyl (C=O) groups excluding carboxylic acids is 3. The molecule has 1 N–H and O–H groups in total. The van der Waals surface area contributed by atoms with Crippen LogP contribution < -0.4 is 10.2 Å². The van der Waals surface area contributed by atoms with E-state index in [0.717, 1.165) is 23.5 Å². The van der Waals surface area contributed by atoms with Crippen LogP contribution in [-0.2, 0) is 42.9 Å². The van der Waals surface area contributed by atoms with E-state index in [1.165, 1.54) is 62.8 Å². The Hall–Kier alpha value is -8.10. The third kappa shape index (κ3) is 17.7. The molecule has 0 atom stereocenters. The molecule has 20 nitrogen and oxygen atoms in total. The largest absolute Gasteiger partial charge is 2.00 e. The van der Waals surface area contributed by atoms with Crippen LogP contribution in [0.4, 0.5) is 39.5 Å². The van der Waals surface area contributed by atoms with Gasteiger partial charge in [0, 0.05) is 67.7 Å². The van der Waals surface area contributed by atoms with Crippen LogP contribution in [0.3, 0.4) is 0 Å². The first kappa shape index (κ1) is 54.2. The van der Waals surface area contributed by atoms with Crippen molar-refractivity contribution in [3.05, 3.63) is 139 Å². The SMILES string of the molecule is COC(=O)c1ncccn1.Cc1cc(-c2ncccn2)[n-]n1.FC(F)(F)c1cc(-c2ncccn2)[n-]n1.FC(F)(F)c1cc(-c2ncccn2)n[nH]1.O=C(CC(=O)C(F)(F)F)c1ncccn1.[Pt+2]. The molecule has 8 aromatic rings. The Labute approximate surface area is 389 Å². The van der Waals surface area contributed by atoms with Crippen molar-refractivity contribution in [2.24, 2.45) is 0 Å². The van der Waals surface area contributed by atoms with Gasteiger partial charge in [0.15, 0.2) is 11.6 Å². The number of Topliss-reactive ketones (excluding diaryl/α,β-unsaturated/α-hetero) is 2. The zero-order valence-corrected chi connectivity index (χ0v) is 36.4. The molecule has 0 spiro atoms. The first-order chi connectivity index (χ1) is 31.8. The van der Waals surface area contributed by atoms with Gasteiger partial charge < -0.3 is 25.1 Å². The van der Waals surface area contributed by atoms with E-state index in [1.54, 1.807) is 36.7 Å². The smallest absolute Gasteiger partial charge is 0.572 e. The number of nitrogens with zero attached hydrogens (tertiary/aromatic N) is 15. The number of nitrogens with one attached hydrogen (secondary N) is 1. The molecule has 0 saturated carbocycles. The molecule has 0 aromatic carbocycles. The minimum absolute atomic E-state index is 0. The van der Waals surface area contributed by atoms with Crippen molar-refractivity contribution in [3.63, 3.8) is 0 Å². The average Bonchev–Trinajstić information content (AvgIpc) is 4.14. The predicted molar refractivity (Wildman–Crippen MR) is 207 cm³/mol. The van der Waals surface area contributed by atoms with Crippen LogP contribution in [0.5, 0.6) is 0 Å². The summed E-state index contributed by atoms with van der Waals surface area (Å²) in [5, 5.41) is 19.5. The number of aromatic amines is 1. The van der Waals surface area contributed by atoms with E-state index in [0.29, 0.717) is 5.82 Å². The average molecular weight is 1140 g/mol. The standard InChI is InChI=1S/C8H5F3N4.C8H4F3N4.C8H5F3N2O2.C8H7N4.C6H6N2O2.Pt/c2*9-8(10,11)6-4-5(14-15-6)7-12-2-1-3-13-7;9-8(10,11)6(15)4-5(14)7-12-2-1-3-13-7;1-6-5-7(12-11-6)8-9-3-2-4-10-8;1-10-6(9)5-7-3-2-4-8-5;/h1-4H,(H,14,15);1-4H;1-3H,4H2;2-5H,1H3;2-4H,1H3;/q;-1;;-1;;+2. The van der Waals surface area contributed by atoms with E-state index in [9.17, 15) is 53.9 Å². The van der Waals surface area contributed by atoms with Gasteiger partial charge in [-0.3, -0.25) is 14.7 Å². The van der Waals surface area contributed by atoms with Crippen LogP contribution in [0.15, 0.2) is 110 Å². The molecule has 8 rings (SSSR count). The summed E-state index contributed by atoms with van der Waals surface area (Å²) in [6.45, 7) is 1.89. The molecule has 0 aliphatic heterocycles. The molecule has 0 aliphatic carbocycles. The van der Waals surface area contributed by atoms with Gasteiger partial charge in [-0.05, 0) is 49.4 Å². The number of H-pyrrole nitrogens is 1. The summed E-state index contributed by atoms with van der Waals surface area (Å²) in [6.07, 6.45) is -0.699.